The molecule has 1 aliphatic carbocycles. The number of likely N-dealkylation sites (tertiary alicyclic amines) is 1. The molecule has 2 atom stereocenters. The van der Waals surface area contributed by atoms with Crippen molar-refractivity contribution < 1.29 is 36.3 Å². The standard InChI is InChI=1S/C21H20ClF5N2O3/c22-20(32-21(25,26)27)12-14(9-10-15(20)13-6-2-1-3-7-13)28-18(30)16-8-4-5-11-29(16)19(31)17(23)24/h1-3,6-7,9-10,16-17H,4-5,8,11-12H2,(H,28,30). The fraction of sp³-hybridized carbons (Fsp3) is 0.429. The summed E-state index contributed by atoms with van der Waals surface area (Å²) in [5.74, 6) is -2.23. The first-order valence-electron chi connectivity index (χ1n) is 9.82. The first-order chi connectivity index (χ1) is 15.0. The number of carbonyl (C=O) groups excluding carboxylic acids is 2. The smallest absolute Gasteiger partial charge is 0.328 e. The molecule has 0 spiro atoms. The molecule has 1 fully saturated rings. The number of rotatable bonds is 5. The highest BCUT2D eigenvalue weighted by molar-refractivity contribution is 6.29. The molecule has 1 heterocycles. The maximum absolute atomic E-state index is 13.1. The molecule has 1 saturated heterocycles. The van der Waals surface area contributed by atoms with Crippen LogP contribution in [0.4, 0.5) is 22.0 Å². The van der Waals surface area contributed by atoms with E-state index >= 15 is 0 Å². The van der Waals surface area contributed by atoms with Crippen LogP contribution in [-0.4, -0.2) is 47.1 Å². The topological polar surface area (TPSA) is 58.6 Å². The van der Waals surface area contributed by atoms with Crippen LogP contribution in [0, 0.1) is 0 Å². The van der Waals surface area contributed by atoms with Crippen molar-refractivity contribution >= 4 is 29.0 Å². The van der Waals surface area contributed by atoms with Gasteiger partial charge in [0.2, 0.25) is 5.91 Å². The van der Waals surface area contributed by atoms with Gasteiger partial charge in [0.05, 0.1) is 0 Å². The maximum Gasteiger partial charge on any atom is 0.524 e. The number of halogens is 6. The van der Waals surface area contributed by atoms with Gasteiger partial charge in [0.15, 0.2) is 5.06 Å². The maximum atomic E-state index is 13.1. The molecule has 1 aliphatic heterocycles. The molecule has 1 N–H and O–H groups in total. The zero-order valence-corrected chi connectivity index (χ0v) is 17.4. The van der Waals surface area contributed by atoms with Crippen molar-refractivity contribution in [2.75, 3.05) is 6.54 Å². The van der Waals surface area contributed by atoms with E-state index in [1.54, 1.807) is 30.3 Å². The fourth-order valence-electron chi connectivity index (χ4n) is 3.83. The highest BCUT2D eigenvalue weighted by Gasteiger charge is 2.47. The monoisotopic (exact) mass is 478 g/mol. The van der Waals surface area contributed by atoms with Crippen LogP contribution in [0.2, 0.25) is 0 Å². The molecule has 0 bridgehead atoms. The third-order valence-corrected chi connectivity index (χ3v) is 5.61. The molecule has 0 radical (unpaired) electrons. The first kappa shape index (κ1) is 24.2. The molecule has 1 aromatic rings. The average Bonchev–Trinajstić information content (AvgIpc) is 2.72. The van der Waals surface area contributed by atoms with Gasteiger partial charge in [-0.25, -0.2) is 0 Å². The Balaban J connectivity index is 1.85. The van der Waals surface area contributed by atoms with E-state index in [1.807, 2.05) is 0 Å². The molecule has 2 aliphatic rings. The van der Waals surface area contributed by atoms with Crippen molar-refractivity contribution in [3.05, 3.63) is 53.7 Å². The van der Waals surface area contributed by atoms with Crippen LogP contribution in [0.3, 0.4) is 0 Å². The minimum absolute atomic E-state index is 0.00366. The number of nitrogens with zero attached hydrogens (tertiary/aromatic N) is 1. The number of hydrogen-bond donors (Lipinski definition) is 1. The summed E-state index contributed by atoms with van der Waals surface area (Å²) < 4.78 is 69.3. The molecule has 2 unspecified atom stereocenters. The predicted molar refractivity (Wildman–Crippen MR) is 106 cm³/mol. The Bertz CT molecular complexity index is 920. The zero-order chi connectivity index (χ0) is 23.5. The highest BCUT2D eigenvalue weighted by Crippen LogP contribution is 2.45. The second kappa shape index (κ2) is 9.58. The van der Waals surface area contributed by atoms with E-state index in [0.29, 0.717) is 18.4 Å². The van der Waals surface area contributed by atoms with Crippen molar-refractivity contribution in [2.24, 2.45) is 0 Å². The summed E-state index contributed by atoms with van der Waals surface area (Å²) in [6.07, 6.45) is -5.02. The van der Waals surface area contributed by atoms with E-state index < -0.39 is 42.1 Å². The van der Waals surface area contributed by atoms with Gasteiger partial charge in [0.25, 0.3) is 5.91 Å². The molecule has 0 aromatic heterocycles. The zero-order valence-electron chi connectivity index (χ0n) is 16.7. The van der Waals surface area contributed by atoms with Crippen molar-refractivity contribution in [3.63, 3.8) is 0 Å². The van der Waals surface area contributed by atoms with E-state index in [4.69, 9.17) is 11.6 Å². The summed E-state index contributed by atoms with van der Waals surface area (Å²) in [5, 5.41) is 0.0732. The van der Waals surface area contributed by atoms with E-state index in [2.05, 4.69) is 10.1 Å². The number of piperidine rings is 1. The Morgan fingerprint density at radius 2 is 1.84 bits per heavy atom. The fourth-order valence-corrected chi connectivity index (χ4v) is 4.24. The molecular weight excluding hydrogens is 459 g/mol. The number of allylic oxidation sites excluding steroid dienone is 2. The normalized spacial score (nSPS) is 24.1. The summed E-state index contributed by atoms with van der Waals surface area (Å²) in [5.41, 5.74) is 0.445. The molecular formula is C21H20ClF5N2O3. The molecule has 11 heteroatoms. The number of hydrogen-bond acceptors (Lipinski definition) is 3. The van der Waals surface area contributed by atoms with Gasteiger partial charge in [0.1, 0.15) is 6.04 Å². The van der Waals surface area contributed by atoms with Gasteiger partial charge in [-0.3, -0.25) is 14.3 Å². The quantitative estimate of drug-likeness (QED) is 0.497. The molecule has 1 aromatic carbocycles. The van der Waals surface area contributed by atoms with Crippen LogP contribution in [0.15, 0.2) is 48.2 Å². The summed E-state index contributed by atoms with van der Waals surface area (Å²) in [4.78, 5) is 25.3. The number of nitrogens with one attached hydrogen (secondary N) is 1. The molecule has 0 saturated carbocycles. The van der Waals surface area contributed by atoms with Crippen LogP contribution in [0.25, 0.3) is 5.57 Å². The molecule has 5 nitrogen and oxygen atoms in total. The number of alkyl halides is 6. The van der Waals surface area contributed by atoms with Crippen molar-refractivity contribution in [1.82, 2.24) is 10.2 Å². The highest BCUT2D eigenvalue weighted by atomic mass is 35.5. The lowest BCUT2D eigenvalue weighted by Gasteiger charge is -2.36. The number of amides is 2. The summed E-state index contributed by atoms with van der Waals surface area (Å²) in [6, 6.07) is 6.91. The lowest BCUT2D eigenvalue weighted by atomic mass is 9.92. The summed E-state index contributed by atoms with van der Waals surface area (Å²) in [6.45, 7) is -0.00497. The number of ether oxygens (including phenoxy) is 1. The van der Waals surface area contributed by atoms with E-state index in [9.17, 15) is 31.5 Å². The Labute approximate surface area is 185 Å². The van der Waals surface area contributed by atoms with Crippen LogP contribution in [0.5, 0.6) is 0 Å². The van der Waals surface area contributed by atoms with Gasteiger partial charge < -0.3 is 10.2 Å². The van der Waals surface area contributed by atoms with Gasteiger partial charge in [0, 0.05) is 24.2 Å². The van der Waals surface area contributed by atoms with Crippen molar-refractivity contribution in [2.45, 2.75) is 49.6 Å². The van der Waals surface area contributed by atoms with Gasteiger partial charge in [-0.15, -0.1) is 13.2 Å². The van der Waals surface area contributed by atoms with E-state index in [1.165, 1.54) is 12.2 Å². The molecule has 174 valence electrons. The van der Waals surface area contributed by atoms with Gasteiger partial charge in [-0.2, -0.15) is 8.78 Å². The Morgan fingerprint density at radius 1 is 1.16 bits per heavy atom. The summed E-state index contributed by atoms with van der Waals surface area (Å²) in [7, 11) is 0. The second-order valence-corrected chi connectivity index (χ2v) is 8.04. The first-order valence-corrected chi connectivity index (χ1v) is 10.2. The van der Waals surface area contributed by atoms with Gasteiger partial charge in [-0.1, -0.05) is 48.0 Å². The average molecular weight is 479 g/mol. The molecule has 3 rings (SSSR count). The largest absolute Gasteiger partial charge is 0.524 e. The minimum Gasteiger partial charge on any atom is -0.328 e. The third-order valence-electron chi connectivity index (χ3n) is 5.19. The molecule has 32 heavy (non-hydrogen) atoms. The lowest BCUT2D eigenvalue weighted by molar-refractivity contribution is -0.342. The Kier molecular flexibility index (Phi) is 7.24. The van der Waals surface area contributed by atoms with Crippen molar-refractivity contribution in [1.29, 1.82) is 0 Å². The number of benzene rings is 1. The van der Waals surface area contributed by atoms with Gasteiger partial charge >= 0.3 is 12.8 Å². The minimum atomic E-state index is -5.06. The predicted octanol–water partition coefficient (Wildman–Crippen LogP) is 4.59. The van der Waals surface area contributed by atoms with Crippen molar-refractivity contribution in [3.8, 4) is 0 Å². The van der Waals surface area contributed by atoms with Crippen LogP contribution < -0.4 is 5.32 Å². The molecule has 2 amide bonds. The Hall–Kier alpha value is -2.46. The lowest BCUT2D eigenvalue weighted by Crippen LogP contribution is -2.53. The van der Waals surface area contributed by atoms with Gasteiger partial charge in [-0.05, 0) is 30.9 Å². The van der Waals surface area contributed by atoms with E-state index in [-0.39, 0.29) is 24.2 Å². The Morgan fingerprint density at radius 3 is 2.47 bits per heavy atom. The second-order valence-electron chi connectivity index (χ2n) is 7.42. The number of carbonyl (C=O) groups is 2. The van der Waals surface area contributed by atoms with Crippen LogP contribution in [0.1, 0.15) is 31.2 Å². The summed E-state index contributed by atoms with van der Waals surface area (Å²) >= 11 is 6.28. The SMILES string of the molecule is O=C(NC1=CC=C(c2ccccc2)C(Cl)(OC(F)(F)F)C1)C1CCCCN1C(=O)C(F)F. The third kappa shape index (κ3) is 5.66. The van der Waals surface area contributed by atoms with Crippen LogP contribution >= 0.6 is 11.6 Å². The van der Waals surface area contributed by atoms with E-state index in [0.717, 1.165) is 4.90 Å². The van der Waals surface area contributed by atoms with Crippen LogP contribution in [-0.2, 0) is 14.3 Å².